The number of nitrogens with one attached hydrogen (secondary N) is 1. The van der Waals surface area contributed by atoms with E-state index < -0.39 is 0 Å². The molecule has 0 aromatic rings. The van der Waals surface area contributed by atoms with Gasteiger partial charge in [-0.05, 0) is 12.8 Å². The maximum atomic E-state index is 11.4. The molecule has 0 radical (unpaired) electrons. The second-order valence-corrected chi connectivity index (χ2v) is 7.40. The summed E-state index contributed by atoms with van der Waals surface area (Å²) in [6.07, 6.45) is 23.8. The molecule has 0 atom stereocenters. The van der Waals surface area contributed by atoms with Crippen LogP contribution in [0.25, 0.3) is 0 Å². The summed E-state index contributed by atoms with van der Waals surface area (Å²) >= 11 is 0. The van der Waals surface area contributed by atoms with Crippen LogP contribution in [-0.4, -0.2) is 12.5 Å². The van der Waals surface area contributed by atoms with Crippen LogP contribution < -0.4 is 5.32 Å². The molecule has 0 aliphatic carbocycles. The van der Waals surface area contributed by atoms with Crippen LogP contribution in [0.15, 0.2) is 0 Å². The van der Waals surface area contributed by atoms with Crippen molar-refractivity contribution >= 4 is 5.91 Å². The first kappa shape index (κ1) is 23.5. The van der Waals surface area contributed by atoms with Crippen molar-refractivity contribution in [2.45, 2.75) is 129 Å². The van der Waals surface area contributed by atoms with Crippen molar-refractivity contribution in [2.24, 2.45) is 0 Å². The average Bonchev–Trinajstić information content (AvgIpc) is 2.59. The molecule has 0 aromatic carbocycles. The molecular weight excluding hydrogens is 294 g/mol. The molecule has 0 bridgehead atoms. The van der Waals surface area contributed by atoms with Crippen LogP contribution in [0, 0.1) is 0 Å². The summed E-state index contributed by atoms with van der Waals surface area (Å²) in [5, 5.41) is 2.95. The molecule has 0 unspecified atom stereocenters. The second-order valence-electron chi connectivity index (χ2n) is 7.40. The summed E-state index contributed by atoms with van der Waals surface area (Å²) in [5.41, 5.74) is 0. The summed E-state index contributed by atoms with van der Waals surface area (Å²) < 4.78 is 0. The van der Waals surface area contributed by atoms with Crippen LogP contribution in [0.3, 0.4) is 0 Å². The summed E-state index contributed by atoms with van der Waals surface area (Å²) in [4.78, 5) is 11.4. The van der Waals surface area contributed by atoms with E-state index in [1.807, 2.05) is 0 Å². The fraction of sp³-hybridized carbons (Fsp3) is 0.955. The van der Waals surface area contributed by atoms with Crippen molar-refractivity contribution in [1.29, 1.82) is 0 Å². The lowest BCUT2D eigenvalue weighted by Crippen LogP contribution is -2.23. The zero-order valence-electron chi connectivity index (χ0n) is 16.8. The topological polar surface area (TPSA) is 29.1 Å². The molecule has 0 heterocycles. The summed E-state index contributed by atoms with van der Waals surface area (Å²) in [6, 6.07) is 0. The van der Waals surface area contributed by atoms with Crippen LogP contribution in [0.5, 0.6) is 0 Å². The van der Waals surface area contributed by atoms with Crippen LogP contribution >= 0.6 is 0 Å². The monoisotopic (exact) mass is 339 g/mol. The van der Waals surface area contributed by atoms with Crippen LogP contribution in [0.1, 0.15) is 129 Å². The first-order valence-electron chi connectivity index (χ1n) is 11.1. The van der Waals surface area contributed by atoms with Gasteiger partial charge in [-0.3, -0.25) is 4.79 Å². The van der Waals surface area contributed by atoms with Gasteiger partial charge in [0, 0.05) is 13.0 Å². The number of carbonyl (C=O) groups excluding carboxylic acids is 1. The van der Waals surface area contributed by atoms with E-state index in [2.05, 4.69) is 19.2 Å². The van der Waals surface area contributed by atoms with Gasteiger partial charge < -0.3 is 5.32 Å². The zero-order valence-corrected chi connectivity index (χ0v) is 16.8. The smallest absolute Gasteiger partial charge is 0.219 e. The van der Waals surface area contributed by atoms with Gasteiger partial charge in [0.1, 0.15) is 0 Å². The summed E-state index contributed by atoms with van der Waals surface area (Å²) in [5.74, 6) is 0.238. The Bertz CT molecular complexity index is 252. The van der Waals surface area contributed by atoms with Gasteiger partial charge in [-0.2, -0.15) is 0 Å². The van der Waals surface area contributed by atoms with Crippen molar-refractivity contribution in [3.05, 3.63) is 0 Å². The number of amides is 1. The molecule has 2 nitrogen and oxygen atoms in total. The highest BCUT2D eigenvalue weighted by atomic mass is 16.1. The molecule has 0 aliphatic rings. The summed E-state index contributed by atoms with van der Waals surface area (Å²) in [6.45, 7) is 5.21. The Morgan fingerprint density at radius 1 is 0.542 bits per heavy atom. The molecule has 24 heavy (non-hydrogen) atoms. The number of carbonyl (C=O) groups is 1. The predicted octanol–water partition coefficient (Wildman–Crippen LogP) is 7.16. The van der Waals surface area contributed by atoms with Crippen molar-refractivity contribution in [1.82, 2.24) is 5.32 Å². The maximum absolute atomic E-state index is 11.4. The van der Waals surface area contributed by atoms with Crippen molar-refractivity contribution in [2.75, 3.05) is 6.54 Å². The molecule has 144 valence electrons. The van der Waals surface area contributed by atoms with Gasteiger partial charge in [0.2, 0.25) is 5.91 Å². The predicted molar refractivity (Wildman–Crippen MR) is 107 cm³/mol. The molecule has 2 heteroatoms. The van der Waals surface area contributed by atoms with E-state index in [0.717, 1.165) is 25.8 Å². The van der Waals surface area contributed by atoms with Gasteiger partial charge in [-0.25, -0.2) is 0 Å². The molecule has 1 amide bonds. The fourth-order valence-corrected chi connectivity index (χ4v) is 3.19. The fourth-order valence-electron chi connectivity index (χ4n) is 3.19. The van der Waals surface area contributed by atoms with E-state index in [0.29, 0.717) is 0 Å². The van der Waals surface area contributed by atoms with E-state index in [9.17, 15) is 4.79 Å². The minimum absolute atomic E-state index is 0.238. The Morgan fingerprint density at radius 2 is 0.917 bits per heavy atom. The first-order valence-corrected chi connectivity index (χ1v) is 11.1. The third-order valence-corrected chi connectivity index (χ3v) is 4.83. The Hall–Kier alpha value is -0.530. The highest BCUT2D eigenvalue weighted by Crippen LogP contribution is 2.13. The van der Waals surface area contributed by atoms with E-state index in [4.69, 9.17) is 0 Å². The highest BCUT2D eigenvalue weighted by Gasteiger charge is 1.99. The molecule has 0 fully saturated rings. The highest BCUT2D eigenvalue weighted by molar-refractivity contribution is 5.75. The quantitative estimate of drug-likeness (QED) is 0.248. The molecule has 0 aliphatic heterocycles. The standard InChI is InChI=1S/C22H45NO/c1-3-5-6-7-8-9-10-11-12-13-14-15-16-17-18-19-20-22(24)23-21-4-2/h3-21H2,1-2H3,(H,23,24). The van der Waals surface area contributed by atoms with Gasteiger partial charge in [0.05, 0.1) is 0 Å². The van der Waals surface area contributed by atoms with E-state index in [1.165, 1.54) is 96.3 Å². The van der Waals surface area contributed by atoms with Gasteiger partial charge in [0.25, 0.3) is 0 Å². The van der Waals surface area contributed by atoms with Crippen LogP contribution in [0.2, 0.25) is 0 Å². The van der Waals surface area contributed by atoms with Crippen molar-refractivity contribution < 1.29 is 4.79 Å². The Kier molecular flexibility index (Phi) is 20.1. The third kappa shape index (κ3) is 19.5. The Balaban J connectivity index is 3.04. The average molecular weight is 340 g/mol. The molecule has 1 N–H and O–H groups in total. The Morgan fingerprint density at radius 3 is 1.29 bits per heavy atom. The molecular formula is C22H45NO. The molecule has 0 spiro atoms. The number of rotatable bonds is 19. The molecule has 0 aromatic heterocycles. The minimum Gasteiger partial charge on any atom is -0.356 e. The van der Waals surface area contributed by atoms with Gasteiger partial charge in [-0.1, -0.05) is 110 Å². The van der Waals surface area contributed by atoms with Gasteiger partial charge >= 0.3 is 0 Å². The molecule has 0 saturated heterocycles. The van der Waals surface area contributed by atoms with Crippen LogP contribution in [0.4, 0.5) is 0 Å². The zero-order chi connectivity index (χ0) is 17.7. The van der Waals surface area contributed by atoms with Crippen molar-refractivity contribution in [3.8, 4) is 0 Å². The van der Waals surface area contributed by atoms with E-state index in [1.54, 1.807) is 0 Å². The largest absolute Gasteiger partial charge is 0.356 e. The Labute approximate surface area is 152 Å². The first-order chi connectivity index (χ1) is 11.8. The lowest BCUT2D eigenvalue weighted by molar-refractivity contribution is -0.121. The SMILES string of the molecule is CCCCCCCCCCCCCCCCCCC(=O)NCCC. The number of hydrogen-bond donors (Lipinski definition) is 1. The molecule has 0 rings (SSSR count). The summed E-state index contributed by atoms with van der Waals surface area (Å²) in [7, 11) is 0. The maximum Gasteiger partial charge on any atom is 0.219 e. The molecule has 0 saturated carbocycles. The minimum atomic E-state index is 0.238. The number of hydrogen-bond acceptors (Lipinski definition) is 1. The normalized spacial score (nSPS) is 10.9. The van der Waals surface area contributed by atoms with Gasteiger partial charge in [-0.15, -0.1) is 0 Å². The van der Waals surface area contributed by atoms with E-state index >= 15 is 0 Å². The number of unbranched alkanes of at least 4 members (excludes halogenated alkanes) is 15. The van der Waals surface area contributed by atoms with E-state index in [-0.39, 0.29) is 5.91 Å². The van der Waals surface area contributed by atoms with Crippen LogP contribution in [-0.2, 0) is 4.79 Å². The van der Waals surface area contributed by atoms with Gasteiger partial charge in [0.15, 0.2) is 0 Å². The second kappa shape index (κ2) is 20.5. The lowest BCUT2D eigenvalue weighted by atomic mass is 10.0. The third-order valence-electron chi connectivity index (χ3n) is 4.83. The van der Waals surface area contributed by atoms with Crippen molar-refractivity contribution in [3.63, 3.8) is 0 Å². The lowest BCUT2D eigenvalue weighted by Gasteiger charge is -2.04.